The van der Waals surface area contributed by atoms with Gasteiger partial charge in [0, 0.05) is 6.08 Å². The Hall–Kier alpha value is -2.64. The van der Waals surface area contributed by atoms with Crippen molar-refractivity contribution in [3.63, 3.8) is 0 Å². The number of rotatable bonds is 4. The molecule has 17 heavy (non-hydrogen) atoms. The van der Waals surface area contributed by atoms with Crippen LogP contribution in [-0.4, -0.2) is 22.1 Å². The van der Waals surface area contributed by atoms with Crippen LogP contribution in [0, 0.1) is 20.2 Å². The minimum atomic E-state index is -0.780. The molecule has 0 saturated heterocycles. The lowest BCUT2D eigenvalue weighted by atomic mass is 10.1. The van der Waals surface area contributed by atoms with E-state index in [1.165, 1.54) is 6.07 Å². The van der Waals surface area contributed by atoms with Gasteiger partial charge in [0.2, 0.25) is 11.9 Å². The summed E-state index contributed by atoms with van der Waals surface area (Å²) in [6.07, 6.45) is 1.53. The fraction of sp³-hybridized carbons (Fsp3) is 0.111. The smallest absolute Gasteiger partial charge is 0.322 e. The van der Waals surface area contributed by atoms with Gasteiger partial charge in [0.15, 0.2) is 5.75 Å². The number of benzene rings is 1. The van der Waals surface area contributed by atoms with Crippen molar-refractivity contribution in [1.29, 1.82) is 0 Å². The molecule has 0 unspecified atom stereocenters. The Morgan fingerprint density at radius 1 is 1.35 bits per heavy atom. The highest BCUT2D eigenvalue weighted by Gasteiger charge is 2.23. The average molecular weight is 240 g/mol. The van der Waals surface area contributed by atoms with Crippen LogP contribution in [0.5, 0.6) is 11.5 Å². The maximum absolute atomic E-state index is 10.8. The monoisotopic (exact) mass is 240 g/mol. The summed E-state index contributed by atoms with van der Waals surface area (Å²) in [7, 11) is 1.16. The molecule has 0 fully saturated rings. The van der Waals surface area contributed by atoms with E-state index in [2.05, 4.69) is 4.74 Å². The molecule has 0 aliphatic rings. The minimum absolute atomic E-state index is 0.0265. The van der Waals surface area contributed by atoms with Crippen molar-refractivity contribution in [2.45, 2.75) is 0 Å². The van der Waals surface area contributed by atoms with Gasteiger partial charge in [-0.15, -0.1) is 0 Å². The summed E-state index contributed by atoms with van der Waals surface area (Å²) >= 11 is 0. The van der Waals surface area contributed by atoms with E-state index < -0.39 is 21.3 Å². The Bertz CT molecular complexity index is 497. The van der Waals surface area contributed by atoms with Crippen molar-refractivity contribution in [2.24, 2.45) is 0 Å². The number of ether oxygens (including phenoxy) is 1. The van der Waals surface area contributed by atoms with Gasteiger partial charge in [-0.2, -0.15) is 0 Å². The fourth-order valence-electron chi connectivity index (χ4n) is 1.24. The first kappa shape index (κ1) is 12.4. The Balaban J connectivity index is 3.40. The largest absolute Gasteiger partial charge is 0.504 e. The summed E-state index contributed by atoms with van der Waals surface area (Å²) in [4.78, 5) is 19.4. The van der Waals surface area contributed by atoms with Gasteiger partial charge in [-0.3, -0.25) is 20.2 Å². The number of hydrogen-bond donors (Lipinski definition) is 1. The molecule has 0 aliphatic carbocycles. The number of hydrogen-bond acceptors (Lipinski definition) is 6. The van der Waals surface area contributed by atoms with Crippen LogP contribution in [0.25, 0.3) is 6.08 Å². The van der Waals surface area contributed by atoms with Crippen LogP contribution >= 0.6 is 0 Å². The molecule has 8 heteroatoms. The highest BCUT2D eigenvalue weighted by molar-refractivity contribution is 5.69. The van der Waals surface area contributed by atoms with Gasteiger partial charge in [-0.1, -0.05) is 0 Å². The number of phenolic OH excluding ortho intramolecular Hbond substituents is 1. The lowest BCUT2D eigenvalue weighted by molar-refractivity contribution is -0.401. The summed E-state index contributed by atoms with van der Waals surface area (Å²) in [5.41, 5.74) is -0.549. The van der Waals surface area contributed by atoms with Crippen LogP contribution in [0.2, 0.25) is 0 Å². The molecule has 0 saturated carbocycles. The summed E-state index contributed by atoms with van der Waals surface area (Å²) in [6.45, 7) is 0. The van der Waals surface area contributed by atoms with Crippen LogP contribution in [-0.2, 0) is 0 Å². The molecular weight excluding hydrogens is 232 g/mol. The van der Waals surface area contributed by atoms with Crippen LogP contribution < -0.4 is 4.74 Å². The Kier molecular flexibility index (Phi) is 3.60. The zero-order chi connectivity index (χ0) is 13.0. The molecule has 0 heterocycles. The number of methoxy groups -OCH3 is 1. The van der Waals surface area contributed by atoms with E-state index in [1.54, 1.807) is 0 Å². The van der Waals surface area contributed by atoms with Gasteiger partial charge < -0.3 is 9.84 Å². The van der Waals surface area contributed by atoms with Crippen molar-refractivity contribution in [1.82, 2.24) is 0 Å². The molecule has 0 amide bonds. The highest BCUT2D eigenvalue weighted by atomic mass is 16.6. The van der Waals surface area contributed by atoms with Crippen molar-refractivity contribution < 1.29 is 19.7 Å². The maximum atomic E-state index is 10.8. The number of phenols is 1. The first-order valence-corrected chi connectivity index (χ1v) is 4.33. The lowest BCUT2D eigenvalue weighted by Gasteiger charge is -2.05. The summed E-state index contributed by atoms with van der Waals surface area (Å²) in [6, 6.07) is 2.35. The van der Waals surface area contributed by atoms with Gasteiger partial charge >= 0.3 is 5.69 Å². The highest BCUT2D eigenvalue weighted by Crippen LogP contribution is 2.39. The quantitative estimate of drug-likeness (QED) is 0.630. The Morgan fingerprint density at radius 2 is 2.00 bits per heavy atom. The molecule has 0 aliphatic heterocycles. The van der Waals surface area contributed by atoms with Crippen LogP contribution in [0.3, 0.4) is 0 Å². The van der Waals surface area contributed by atoms with Crippen molar-refractivity contribution in [3.8, 4) is 11.5 Å². The third-order valence-corrected chi connectivity index (χ3v) is 1.90. The molecule has 0 atom stereocenters. The van der Waals surface area contributed by atoms with Gasteiger partial charge in [-0.05, 0) is 12.1 Å². The molecule has 0 spiro atoms. The predicted molar refractivity (Wildman–Crippen MR) is 57.3 cm³/mol. The van der Waals surface area contributed by atoms with Crippen LogP contribution in [0.1, 0.15) is 5.56 Å². The molecule has 1 aromatic carbocycles. The standard InChI is InChI=1S/C9H8N2O6/c1-17-9-7(12)3-2-6(4-5-10(13)14)8(9)11(15)16/h2-5,12H,1H3. The number of nitro benzene ring substituents is 1. The van der Waals surface area contributed by atoms with Gasteiger partial charge in [0.25, 0.3) is 0 Å². The summed E-state index contributed by atoms with van der Waals surface area (Å²) in [5.74, 6) is -0.738. The van der Waals surface area contributed by atoms with Crippen LogP contribution in [0.4, 0.5) is 5.69 Å². The van der Waals surface area contributed by atoms with Crippen molar-refractivity contribution in [3.05, 3.63) is 44.1 Å². The van der Waals surface area contributed by atoms with Gasteiger partial charge in [0.05, 0.1) is 22.5 Å². The molecule has 0 radical (unpaired) electrons. The molecule has 1 N–H and O–H groups in total. The molecule has 0 bridgehead atoms. The van der Waals surface area contributed by atoms with Crippen molar-refractivity contribution in [2.75, 3.05) is 7.11 Å². The first-order valence-electron chi connectivity index (χ1n) is 4.33. The second-order valence-corrected chi connectivity index (χ2v) is 2.91. The molecule has 90 valence electrons. The molecule has 1 aromatic rings. The van der Waals surface area contributed by atoms with E-state index >= 15 is 0 Å². The predicted octanol–water partition coefficient (Wildman–Crippen LogP) is 1.56. The molecule has 1 rings (SSSR count). The second kappa shape index (κ2) is 4.92. The molecule has 0 aromatic heterocycles. The third kappa shape index (κ3) is 2.68. The maximum Gasteiger partial charge on any atom is 0.322 e. The van der Waals surface area contributed by atoms with E-state index in [1.807, 2.05) is 0 Å². The van der Waals surface area contributed by atoms with Crippen LogP contribution in [0.15, 0.2) is 18.3 Å². The van der Waals surface area contributed by atoms with Crippen molar-refractivity contribution >= 4 is 11.8 Å². The SMILES string of the molecule is COc1c(O)ccc(C=C[N+](=O)[O-])c1[N+](=O)[O-]. The van der Waals surface area contributed by atoms with E-state index in [4.69, 9.17) is 0 Å². The van der Waals surface area contributed by atoms with E-state index in [0.717, 1.165) is 19.3 Å². The second-order valence-electron chi connectivity index (χ2n) is 2.91. The normalized spacial score (nSPS) is 10.4. The van der Waals surface area contributed by atoms with Gasteiger partial charge in [-0.25, -0.2) is 0 Å². The summed E-state index contributed by atoms with van der Waals surface area (Å²) in [5, 5.41) is 30.3. The summed E-state index contributed by atoms with van der Waals surface area (Å²) < 4.78 is 4.69. The van der Waals surface area contributed by atoms with Gasteiger partial charge in [0.1, 0.15) is 0 Å². The fourth-order valence-corrected chi connectivity index (χ4v) is 1.24. The molecular formula is C9H8N2O6. The zero-order valence-corrected chi connectivity index (χ0v) is 8.69. The minimum Gasteiger partial charge on any atom is -0.504 e. The number of nitrogens with zero attached hydrogens (tertiary/aromatic N) is 2. The number of nitro groups is 2. The number of aromatic hydroxyl groups is 1. The topological polar surface area (TPSA) is 116 Å². The van der Waals surface area contributed by atoms with E-state index in [-0.39, 0.29) is 11.3 Å². The van der Waals surface area contributed by atoms with E-state index in [0.29, 0.717) is 6.20 Å². The first-order chi connectivity index (χ1) is 7.97. The lowest BCUT2D eigenvalue weighted by Crippen LogP contribution is -1.97. The Morgan fingerprint density at radius 3 is 2.47 bits per heavy atom. The zero-order valence-electron chi connectivity index (χ0n) is 8.69. The average Bonchev–Trinajstić information content (AvgIpc) is 2.26. The van der Waals surface area contributed by atoms with E-state index in [9.17, 15) is 25.3 Å². The Labute approximate surface area is 95.1 Å². The third-order valence-electron chi connectivity index (χ3n) is 1.90. The molecule has 8 nitrogen and oxygen atoms in total.